The van der Waals surface area contributed by atoms with E-state index in [4.69, 9.17) is 0 Å². The number of nitrogens with zero attached hydrogens (tertiary/aromatic N) is 2. The highest BCUT2D eigenvalue weighted by atomic mass is 16.3. The topological polar surface area (TPSA) is 61.8 Å². The van der Waals surface area contributed by atoms with Crippen LogP contribution in [0.25, 0.3) is 11.0 Å². The summed E-state index contributed by atoms with van der Waals surface area (Å²) >= 11 is 0. The number of hydrogen-bond donors (Lipinski definition) is 2. The van der Waals surface area contributed by atoms with E-state index in [0.29, 0.717) is 5.52 Å². The molecule has 0 fully saturated rings. The lowest BCUT2D eigenvalue weighted by atomic mass is 10.1. The van der Waals surface area contributed by atoms with Crippen LogP contribution < -0.4 is 0 Å². The molecule has 1 aromatic carbocycles. The van der Waals surface area contributed by atoms with Crippen LogP contribution in [0.1, 0.15) is 11.1 Å². The molecule has 12 heavy (non-hydrogen) atoms. The van der Waals surface area contributed by atoms with E-state index in [9.17, 15) is 5.11 Å². The minimum absolute atomic E-state index is 0.221. The van der Waals surface area contributed by atoms with Crippen molar-refractivity contribution in [1.29, 1.82) is 0 Å². The Morgan fingerprint density at radius 1 is 1.42 bits per heavy atom. The molecule has 62 valence electrons. The second kappa shape index (κ2) is 2.20. The number of aryl methyl sites for hydroxylation is 1. The Kier molecular flexibility index (Phi) is 1.30. The fourth-order valence-electron chi connectivity index (χ4n) is 1.20. The zero-order chi connectivity index (χ0) is 8.72. The SMILES string of the molecule is Cc1cc2[nH]nnc2c(O)c1C. The maximum absolute atomic E-state index is 9.61. The van der Waals surface area contributed by atoms with Crippen LogP contribution in [0.4, 0.5) is 0 Å². The number of fused-ring (bicyclic) bond motifs is 1. The largest absolute Gasteiger partial charge is 0.505 e. The van der Waals surface area contributed by atoms with E-state index in [0.717, 1.165) is 16.6 Å². The fraction of sp³-hybridized carbons (Fsp3) is 0.250. The number of phenolic OH excluding ortho intramolecular Hbond substituents is 1. The molecule has 0 amide bonds. The van der Waals surface area contributed by atoms with Gasteiger partial charge in [-0.2, -0.15) is 0 Å². The van der Waals surface area contributed by atoms with Gasteiger partial charge in [-0.05, 0) is 31.0 Å². The first-order valence-corrected chi connectivity index (χ1v) is 3.70. The van der Waals surface area contributed by atoms with E-state index in [1.54, 1.807) is 0 Å². The van der Waals surface area contributed by atoms with Gasteiger partial charge in [0.25, 0.3) is 0 Å². The molecule has 4 heteroatoms. The normalized spacial score (nSPS) is 10.8. The highest BCUT2D eigenvalue weighted by molar-refractivity contribution is 5.82. The minimum Gasteiger partial charge on any atom is -0.505 e. The van der Waals surface area contributed by atoms with Crippen molar-refractivity contribution in [3.63, 3.8) is 0 Å². The van der Waals surface area contributed by atoms with Crippen LogP contribution in [-0.4, -0.2) is 20.5 Å². The number of nitrogens with one attached hydrogen (secondary N) is 1. The summed E-state index contributed by atoms with van der Waals surface area (Å²) in [5.74, 6) is 0.221. The van der Waals surface area contributed by atoms with E-state index in [-0.39, 0.29) is 5.75 Å². The number of aromatic hydroxyl groups is 1. The number of benzene rings is 1. The Hall–Kier alpha value is -1.58. The summed E-state index contributed by atoms with van der Waals surface area (Å²) in [6, 6.07) is 1.92. The van der Waals surface area contributed by atoms with E-state index in [2.05, 4.69) is 15.4 Å². The third kappa shape index (κ3) is 0.777. The van der Waals surface area contributed by atoms with E-state index < -0.39 is 0 Å². The van der Waals surface area contributed by atoms with Gasteiger partial charge in [-0.25, -0.2) is 0 Å². The van der Waals surface area contributed by atoms with Gasteiger partial charge < -0.3 is 5.11 Å². The summed E-state index contributed by atoms with van der Waals surface area (Å²) in [5, 5.41) is 19.7. The van der Waals surface area contributed by atoms with Gasteiger partial charge in [-0.1, -0.05) is 5.21 Å². The van der Waals surface area contributed by atoms with Gasteiger partial charge in [0.1, 0.15) is 5.75 Å². The molecule has 2 aromatic rings. The second-order valence-electron chi connectivity index (χ2n) is 2.88. The Bertz CT molecular complexity index is 433. The van der Waals surface area contributed by atoms with Gasteiger partial charge >= 0.3 is 0 Å². The average molecular weight is 163 g/mol. The molecule has 1 aromatic heterocycles. The molecule has 0 bridgehead atoms. The van der Waals surface area contributed by atoms with Gasteiger partial charge in [-0.15, -0.1) is 5.10 Å². The Morgan fingerprint density at radius 2 is 2.17 bits per heavy atom. The van der Waals surface area contributed by atoms with Crippen LogP contribution in [0.15, 0.2) is 6.07 Å². The zero-order valence-corrected chi connectivity index (χ0v) is 6.92. The Balaban J connectivity index is 2.94. The number of phenols is 1. The molecule has 2 N–H and O–H groups in total. The molecule has 0 spiro atoms. The van der Waals surface area contributed by atoms with Crippen molar-refractivity contribution < 1.29 is 5.11 Å². The van der Waals surface area contributed by atoms with Crippen molar-refractivity contribution in [3.8, 4) is 5.75 Å². The first kappa shape index (κ1) is 7.09. The first-order valence-electron chi connectivity index (χ1n) is 3.70. The third-order valence-electron chi connectivity index (χ3n) is 2.11. The predicted octanol–water partition coefficient (Wildman–Crippen LogP) is 1.28. The van der Waals surface area contributed by atoms with Gasteiger partial charge in [0.05, 0.1) is 5.52 Å². The highest BCUT2D eigenvalue weighted by Crippen LogP contribution is 2.27. The molecule has 0 atom stereocenters. The fourth-order valence-corrected chi connectivity index (χ4v) is 1.20. The van der Waals surface area contributed by atoms with Crippen molar-refractivity contribution in [2.45, 2.75) is 13.8 Å². The van der Waals surface area contributed by atoms with Crippen LogP contribution in [0.3, 0.4) is 0 Å². The van der Waals surface area contributed by atoms with Gasteiger partial charge in [0.2, 0.25) is 0 Å². The van der Waals surface area contributed by atoms with Crippen molar-refractivity contribution in [3.05, 3.63) is 17.2 Å². The van der Waals surface area contributed by atoms with Gasteiger partial charge in [-0.3, -0.25) is 5.10 Å². The quantitative estimate of drug-likeness (QED) is 0.615. The van der Waals surface area contributed by atoms with Crippen LogP contribution >= 0.6 is 0 Å². The zero-order valence-electron chi connectivity index (χ0n) is 6.92. The van der Waals surface area contributed by atoms with Crippen LogP contribution in [0.2, 0.25) is 0 Å². The van der Waals surface area contributed by atoms with Crippen molar-refractivity contribution in [2.75, 3.05) is 0 Å². The molecule has 2 rings (SSSR count). The molecule has 0 radical (unpaired) electrons. The lowest BCUT2D eigenvalue weighted by Crippen LogP contribution is -1.83. The number of rotatable bonds is 0. The molecule has 0 saturated carbocycles. The second-order valence-corrected chi connectivity index (χ2v) is 2.88. The molecule has 4 nitrogen and oxygen atoms in total. The first-order chi connectivity index (χ1) is 5.70. The van der Waals surface area contributed by atoms with Gasteiger partial charge in [0, 0.05) is 0 Å². The third-order valence-corrected chi connectivity index (χ3v) is 2.11. The van der Waals surface area contributed by atoms with Crippen LogP contribution in [0, 0.1) is 13.8 Å². The minimum atomic E-state index is 0.221. The summed E-state index contributed by atoms with van der Waals surface area (Å²) in [5.41, 5.74) is 3.20. The van der Waals surface area contributed by atoms with Crippen molar-refractivity contribution in [2.24, 2.45) is 0 Å². The summed E-state index contributed by atoms with van der Waals surface area (Å²) in [7, 11) is 0. The number of H-pyrrole nitrogens is 1. The summed E-state index contributed by atoms with van der Waals surface area (Å²) in [6.07, 6.45) is 0. The predicted molar refractivity (Wildman–Crippen MR) is 45.0 cm³/mol. The summed E-state index contributed by atoms with van der Waals surface area (Å²) in [4.78, 5) is 0. The van der Waals surface area contributed by atoms with Gasteiger partial charge in [0.15, 0.2) is 5.52 Å². The molecule has 1 heterocycles. The van der Waals surface area contributed by atoms with E-state index >= 15 is 0 Å². The van der Waals surface area contributed by atoms with Crippen LogP contribution in [0.5, 0.6) is 5.75 Å². The maximum atomic E-state index is 9.61. The molecule has 0 aliphatic heterocycles. The number of aromatic amines is 1. The standard InChI is InChI=1S/C8H9N3O/c1-4-3-6-7(10-11-9-6)8(12)5(4)2/h3,12H,1-2H3,(H,9,10,11). The molecule has 0 aliphatic carbocycles. The monoisotopic (exact) mass is 163 g/mol. The molecule has 0 aliphatic rings. The Labute approximate surface area is 69.2 Å². The van der Waals surface area contributed by atoms with E-state index in [1.807, 2.05) is 19.9 Å². The van der Waals surface area contributed by atoms with Crippen LogP contribution in [-0.2, 0) is 0 Å². The Morgan fingerprint density at radius 3 is 2.92 bits per heavy atom. The molecule has 0 unspecified atom stereocenters. The smallest absolute Gasteiger partial charge is 0.154 e. The van der Waals surface area contributed by atoms with Crippen molar-refractivity contribution in [1.82, 2.24) is 15.4 Å². The lowest BCUT2D eigenvalue weighted by Gasteiger charge is -2.01. The average Bonchev–Trinajstić information content (AvgIpc) is 2.48. The lowest BCUT2D eigenvalue weighted by molar-refractivity contribution is 0.475. The summed E-state index contributed by atoms with van der Waals surface area (Å²) < 4.78 is 0. The highest BCUT2D eigenvalue weighted by Gasteiger charge is 2.08. The number of hydrogen-bond acceptors (Lipinski definition) is 3. The molecular weight excluding hydrogens is 154 g/mol. The summed E-state index contributed by atoms with van der Waals surface area (Å²) in [6.45, 7) is 3.80. The molecular formula is C8H9N3O. The molecule has 0 saturated heterocycles. The van der Waals surface area contributed by atoms with E-state index in [1.165, 1.54) is 0 Å². The van der Waals surface area contributed by atoms with Crippen molar-refractivity contribution >= 4 is 11.0 Å². The number of aromatic nitrogens is 3. The maximum Gasteiger partial charge on any atom is 0.154 e.